The third kappa shape index (κ3) is 3.68. The monoisotopic (exact) mass is 377 g/mol. The van der Waals surface area contributed by atoms with Gasteiger partial charge in [-0.2, -0.15) is 0 Å². The maximum Gasteiger partial charge on any atom is 0.320 e. The van der Waals surface area contributed by atoms with Crippen LogP contribution in [0.1, 0.15) is 11.6 Å². The molecule has 27 heavy (non-hydrogen) atoms. The van der Waals surface area contributed by atoms with Crippen LogP contribution in [0.5, 0.6) is 0 Å². The number of ether oxygens (including phenoxy) is 2. The number of amides is 2. The van der Waals surface area contributed by atoms with Gasteiger partial charge in [0.25, 0.3) is 0 Å². The van der Waals surface area contributed by atoms with Gasteiger partial charge in [-0.25, -0.2) is 9.18 Å². The number of likely N-dealkylation sites (tertiary alicyclic amines) is 2. The van der Waals surface area contributed by atoms with Gasteiger partial charge >= 0.3 is 6.03 Å². The van der Waals surface area contributed by atoms with Crippen molar-refractivity contribution in [3.05, 3.63) is 35.6 Å². The van der Waals surface area contributed by atoms with Crippen LogP contribution in [0.2, 0.25) is 0 Å². The molecule has 0 spiro atoms. The molecule has 1 aromatic carbocycles. The van der Waals surface area contributed by atoms with Gasteiger partial charge in [0.2, 0.25) is 0 Å². The molecule has 0 aromatic heterocycles. The number of urea groups is 1. The van der Waals surface area contributed by atoms with E-state index >= 15 is 0 Å². The van der Waals surface area contributed by atoms with Crippen LogP contribution in [-0.4, -0.2) is 86.9 Å². The first kappa shape index (κ1) is 18.7. The van der Waals surface area contributed by atoms with Crippen molar-refractivity contribution in [1.82, 2.24) is 14.7 Å². The number of benzene rings is 1. The molecular formula is C20H28FN3O3. The number of nitrogens with zero attached hydrogens (tertiary/aromatic N) is 3. The molecule has 3 aliphatic rings. The van der Waals surface area contributed by atoms with E-state index in [4.69, 9.17) is 9.47 Å². The van der Waals surface area contributed by atoms with Gasteiger partial charge in [0, 0.05) is 39.6 Å². The van der Waals surface area contributed by atoms with Crippen molar-refractivity contribution in [3.63, 3.8) is 0 Å². The quantitative estimate of drug-likeness (QED) is 0.789. The number of rotatable bonds is 2. The summed E-state index contributed by atoms with van der Waals surface area (Å²) in [4.78, 5) is 18.7. The summed E-state index contributed by atoms with van der Waals surface area (Å²) in [6.45, 7) is 5.16. The van der Waals surface area contributed by atoms with Crippen molar-refractivity contribution in [2.24, 2.45) is 11.8 Å². The van der Waals surface area contributed by atoms with Crippen LogP contribution in [0.15, 0.2) is 24.3 Å². The lowest BCUT2D eigenvalue weighted by molar-refractivity contribution is 0.0746. The number of hydrogen-bond donors (Lipinski definition) is 0. The molecule has 0 radical (unpaired) electrons. The molecular weight excluding hydrogens is 349 g/mol. The van der Waals surface area contributed by atoms with Crippen molar-refractivity contribution < 1.29 is 18.7 Å². The van der Waals surface area contributed by atoms with Gasteiger partial charge in [-0.1, -0.05) is 12.1 Å². The summed E-state index contributed by atoms with van der Waals surface area (Å²) >= 11 is 0. The van der Waals surface area contributed by atoms with Gasteiger partial charge in [-0.15, -0.1) is 0 Å². The molecule has 0 aliphatic carbocycles. The number of hydrogen-bond acceptors (Lipinski definition) is 4. The molecule has 0 saturated carbocycles. The number of halogens is 1. The molecule has 0 unspecified atom stereocenters. The second-order valence-electron chi connectivity index (χ2n) is 8.01. The lowest BCUT2D eigenvalue weighted by atomic mass is 9.89. The maximum atomic E-state index is 13.9. The van der Waals surface area contributed by atoms with Gasteiger partial charge in [0.15, 0.2) is 0 Å². The first-order valence-electron chi connectivity index (χ1n) is 9.67. The molecule has 3 heterocycles. The lowest BCUT2D eigenvalue weighted by Gasteiger charge is -2.33. The van der Waals surface area contributed by atoms with E-state index in [1.54, 1.807) is 31.1 Å². The Bertz CT molecular complexity index is 678. The minimum atomic E-state index is -0.256. The van der Waals surface area contributed by atoms with Gasteiger partial charge < -0.3 is 19.3 Å². The highest BCUT2D eigenvalue weighted by atomic mass is 19.1. The summed E-state index contributed by atoms with van der Waals surface area (Å²) in [5.74, 6) is 0.415. The third-order valence-corrected chi connectivity index (χ3v) is 6.02. The van der Waals surface area contributed by atoms with Crippen LogP contribution in [0.4, 0.5) is 9.18 Å². The van der Waals surface area contributed by atoms with E-state index in [0.717, 1.165) is 18.7 Å². The summed E-state index contributed by atoms with van der Waals surface area (Å²) in [5.41, 5.74) is 0.882. The number of carbonyl (C=O) groups is 1. The Labute approximate surface area is 159 Å². The van der Waals surface area contributed by atoms with Gasteiger partial charge in [-0.3, -0.25) is 4.90 Å². The van der Waals surface area contributed by atoms with Crippen molar-refractivity contribution in [3.8, 4) is 0 Å². The average Bonchev–Trinajstić information content (AvgIpc) is 3.07. The largest absolute Gasteiger partial charge is 0.377 e. The zero-order chi connectivity index (χ0) is 19.0. The first-order chi connectivity index (χ1) is 13.0. The molecule has 0 N–H and O–H groups in total. The van der Waals surface area contributed by atoms with Crippen molar-refractivity contribution in [2.45, 2.75) is 12.1 Å². The zero-order valence-corrected chi connectivity index (χ0v) is 16.0. The minimum absolute atomic E-state index is 0.00801. The lowest BCUT2D eigenvalue weighted by Crippen LogP contribution is -2.44. The van der Waals surface area contributed by atoms with E-state index in [-0.39, 0.29) is 23.9 Å². The Morgan fingerprint density at radius 3 is 2.56 bits per heavy atom. The molecule has 2 amide bonds. The molecule has 3 atom stereocenters. The SMILES string of the molecule is CN(C)C(=O)N1C[C@H]2CN(C3COCCOC3)C[C@H]2[C@H]1c1cccc(F)c1. The molecule has 7 heteroatoms. The van der Waals surface area contributed by atoms with Crippen LogP contribution in [0, 0.1) is 17.7 Å². The summed E-state index contributed by atoms with van der Waals surface area (Å²) in [6, 6.07) is 6.84. The first-order valence-corrected chi connectivity index (χ1v) is 9.67. The minimum Gasteiger partial charge on any atom is -0.377 e. The molecule has 3 saturated heterocycles. The van der Waals surface area contributed by atoms with E-state index < -0.39 is 0 Å². The Kier molecular flexibility index (Phi) is 5.34. The third-order valence-electron chi connectivity index (χ3n) is 6.02. The zero-order valence-electron chi connectivity index (χ0n) is 16.0. The van der Waals surface area contributed by atoms with Crippen LogP contribution in [-0.2, 0) is 9.47 Å². The standard InChI is InChI=1S/C20H28FN3O3/c1-22(2)20(25)24-10-15-9-23(17-12-26-6-7-27-13-17)11-18(15)19(24)14-4-3-5-16(21)8-14/h3-5,8,15,17-19H,6-7,9-13H2,1-2H3/t15-,18-,19-/m1/s1. The Balaban J connectivity index is 1.58. The van der Waals surface area contributed by atoms with Crippen molar-refractivity contribution >= 4 is 6.03 Å². The fraction of sp³-hybridized carbons (Fsp3) is 0.650. The fourth-order valence-electron chi connectivity index (χ4n) is 4.76. The molecule has 0 bridgehead atoms. The van der Waals surface area contributed by atoms with Gasteiger partial charge in [0.1, 0.15) is 5.82 Å². The Morgan fingerprint density at radius 2 is 1.89 bits per heavy atom. The van der Waals surface area contributed by atoms with E-state index in [9.17, 15) is 9.18 Å². The number of fused-ring (bicyclic) bond motifs is 1. The summed E-state index contributed by atoms with van der Waals surface area (Å²) in [7, 11) is 3.54. The highest BCUT2D eigenvalue weighted by Crippen LogP contribution is 2.45. The molecule has 148 valence electrons. The second kappa shape index (κ2) is 7.73. The van der Waals surface area contributed by atoms with E-state index in [1.165, 1.54) is 6.07 Å². The summed E-state index contributed by atoms with van der Waals surface area (Å²) in [6.07, 6.45) is 0. The van der Waals surface area contributed by atoms with Crippen LogP contribution in [0.25, 0.3) is 0 Å². The summed E-state index contributed by atoms with van der Waals surface area (Å²) < 4.78 is 25.3. The van der Waals surface area contributed by atoms with Crippen LogP contribution < -0.4 is 0 Å². The molecule has 3 aliphatic heterocycles. The Morgan fingerprint density at radius 1 is 1.15 bits per heavy atom. The second-order valence-corrected chi connectivity index (χ2v) is 8.01. The summed E-state index contributed by atoms with van der Waals surface area (Å²) in [5, 5.41) is 0. The normalized spacial score (nSPS) is 29.6. The van der Waals surface area contributed by atoms with Crippen LogP contribution in [0.3, 0.4) is 0 Å². The van der Waals surface area contributed by atoms with E-state index in [2.05, 4.69) is 4.90 Å². The van der Waals surface area contributed by atoms with Gasteiger partial charge in [0.05, 0.1) is 38.5 Å². The molecule has 6 nitrogen and oxygen atoms in total. The van der Waals surface area contributed by atoms with Crippen molar-refractivity contribution in [2.75, 3.05) is 60.2 Å². The molecule has 1 aromatic rings. The smallest absolute Gasteiger partial charge is 0.320 e. The van der Waals surface area contributed by atoms with Crippen molar-refractivity contribution in [1.29, 1.82) is 0 Å². The molecule has 3 fully saturated rings. The van der Waals surface area contributed by atoms with E-state index in [1.807, 2.05) is 11.0 Å². The predicted octanol–water partition coefficient (Wildman–Crippen LogP) is 1.83. The van der Waals surface area contributed by atoms with E-state index in [0.29, 0.717) is 44.8 Å². The topological polar surface area (TPSA) is 45.3 Å². The highest BCUT2D eigenvalue weighted by Gasteiger charge is 2.50. The van der Waals surface area contributed by atoms with Crippen LogP contribution >= 0.6 is 0 Å². The molecule has 4 rings (SSSR count). The average molecular weight is 377 g/mol. The highest BCUT2D eigenvalue weighted by molar-refractivity contribution is 5.75. The number of carbonyl (C=O) groups excluding carboxylic acids is 1. The Hall–Kier alpha value is -1.70. The maximum absolute atomic E-state index is 13.9. The predicted molar refractivity (Wildman–Crippen MR) is 98.9 cm³/mol. The fourth-order valence-corrected chi connectivity index (χ4v) is 4.76. The van der Waals surface area contributed by atoms with Gasteiger partial charge in [-0.05, 0) is 23.6 Å².